The molecule has 0 radical (unpaired) electrons. The summed E-state index contributed by atoms with van der Waals surface area (Å²) < 4.78 is 4.70. The summed E-state index contributed by atoms with van der Waals surface area (Å²) in [5.74, 6) is 2.04. The number of hydrogen-bond donors (Lipinski definition) is 0. The molecule has 5 aromatic carbocycles. The molecule has 3 nitrogen and oxygen atoms in total. The number of nitrogens with zero attached hydrogens (tertiary/aromatic N) is 3. The van der Waals surface area contributed by atoms with Gasteiger partial charge in [-0.15, -0.1) is 0 Å². The largest absolute Gasteiger partial charge is 0.309 e. The van der Waals surface area contributed by atoms with Crippen molar-refractivity contribution in [3.63, 3.8) is 0 Å². The molecule has 0 spiro atoms. The van der Waals surface area contributed by atoms with Gasteiger partial charge in [0.25, 0.3) is 0 Å². The third-order valence-electron chi connectivity index (χ3n) is 8.48. The van der Waals surface area contributed by atoms with Crippen LogP contribution in [0.4, 0.5) is 0 Å². The van der Waals surface area contributed by atoms with Crippen LogP contribution in [0.3, 0.4) is 0 Å². The molecule has 0 fully saturated rings. The molecule has 0 aliphatic heterocycles. The number of para-hydroxylation sites is 2. The zero-order chi connectivity index (χ0) is 30.2. The lowest BCUT2D eigenvalue weighted by Crippen LogP contribution is -2.10. The topological polar surface area (TPSA) is 22.8 Å². The second-order valence-electron chi connectivity index (χ2n) is 12.7. The van der Waals surface area contributed by atoms with Crippen LogP contribution in [0.5, 0.6) is 0 Å². The number of imidazole rings is 1. The van der Waals surface area contributed by atoms with Crippen molar-refractivity contribution < 1.29 is 0 Å². The van der Waals surface area contributed by atoms with Gasteiger partial charge in [-0.05, 0) is 95.5 Å². The summed E-state index contributed by atoms with van der Waals surface area (Å²) in [4.78, 5) is 4.93. The van der Waals surface area contributed by atoms with Crippen LogP contribution < -0.4 is 0 Å². The Morgan fingerprint density at radius 1 is 0.568 bits per heavy atom. The van der Waals surface area contributed by atoms with E-state index in [0.29, 0.717) is 11.8 Å². The zero-order valence-electron chi connectivity index (χ0n) is 26.0. The van der Waals surface area contributed by atoms with Gasteiger partial charge >= 0.3 is 0 Å². The summed E-state index contributed by atoms with van der Waals surface area (Å²) in [5.41, 5.74) is 11.3. The Kier molecular flexibility index (Phi) is 7.39. The molecule has 0 atom stereocenters. The molecule has 7 rings (SSSR count). The van der Waals surface area contributed by atoms with Crippen molar-refractivity contribution in [1.29, 1.82) is 0 Å². The fourth-order valence-electron chi connectivity index (χ4n) is 6.72. The molecule has 2 aromatic heterocycles. The van der Waals surface area contributed by atoms with Gasteiger partial charge in [0.1, 0.15) is 5.82 Å². The molecule has 0 aliphatic carbocycles. The molecule has 2 heterocycles. The minimum Gasteiger partial charge on any atom is -0.309 e. The molecule has 0 N–H and O–H groups in total. The highest BCUT2D eigenvalue weighted by Gasteiger charge is 2.19. The Labute approximate surface area is 260 Å². The van der Waals surface area contributed by atoms with Crippen molar-refractivity contribution in [2.45, 2.75) is 40.5 Å². The quantitative estimate of drug-likeness (QED) is 0.177. The molecule has 0 aliphatic rings. The highest BCUT2D eigenvalue weighted by molar-refractivity contribution is 6.09. The maximum absolute atomic E-state index is 4.93. The van der Waals surface area contributed by atoms with E-state index in [1.807, 2.05) is 6.20 Å². The molecule has 0 unspecified atom stereocenters. The molecule has 0 saturated heterocycles. The molecular formula is C41H39N3. The van der Waals surface area contributed by atoms with Crippen LogP contribution in [0.1, 0.15) is 38.8 Å². The second kappa shape index (κ2) is 11.7. The smallest absolute Gasteiger partial charge is 0.144 e. The first-order valence-electron chi connectivity index (χ1n) is 15.8. The van der Waals surface area contributed by atoms with E-state index < -0.39 is 0 Å². The molecule has 0 saturated carbocycles. The third kappa shape index (κ3) is 5.13. The van der Waals surface area contributed by atoms with Crippen LogP contribution in [0.25, 0.3) is 55.7 Å². The average molecular weight is 574 g/mol. The van der Waals surface area contributed by atoms with Crippen LogP contribution in [-0.4, -0.2) is 14.1 Å². The maximum Gasteiger partial charge on any atom is 0.144 e. The number of hydrogen-bond acceptors (Lipinski definition) is 1. The fraction of sp³-hybridized carbons (Fsp3) is 0.195. The first-order chi connectivity index (χ1) is 21.5. The monoisotopic (exact) mass is 573 g/mol. The minimum absolute atomic E-state index is 0.532. The van der Waals surface area contributed by atoms with E-state index in [1.54, 1.807) is 0 Å². The Hall–Kier alpha value is -4.89. The predicted molar refractivity (Wildman–Crippen MR) is 186 cm³/mol. The molecule has 0 bridgehead atoms. The molecule has 218 valence electrons. The normalized spacial score (nSPS) is 11.8. The summed E-state index contributed by atoms with van der Waals surface area (Å²) >= 11 is 0. The lowest BCUT2D eigenvalue weighted by Gasteiger charge is -2.22. The van der Waals surface area contributed by atoms with Crippen molar-refractivity contribution in [2.24, 2.45) is 11.8 Å². The molecular weight excluding hydrogens is 534 g/mol. The molecule has 44 heavy (non-hydrogen) atoms. The van der Waals surface area contributed by atoms with E-state index in [2.05, 4.69) is 158 Å². The van der Waals surface area contributed by atoms with E-state index in [-0.39, 0.29) is 0 Å². The van der Waals surface area contributed by atoms with Gasteiger partial charge in [0.15, 0.2) is 0 Å². The zero-order valence-corrected chi connectivity index (χ0v) is 26.0. The van der Waals surface area contributed by atoms with Gasteiger partial charge in [0.2, 0.25) is 0 Å². The van der Waals surface area contributed by atoms with Crippen molar-refractivity contribution in [2.75, 3.05) is 0 Å². The van der Waals surface area contributed by atoms with Crippen LogP contribution in [0.2, 0.25) is 0 Å². The van der Waals surface area contributed by atoms with Gasteiger partial charge in [-0.2, -0.15) is 0 Å². The first kappa shape index (κ1) is 27.9. The summed E-state index contributed by atoms with van der Waals surface area (Å²) in [6, 6.07) is 41.8. The number of aromatic nitrogens is 3. The van der Waals surface area contributed by atoms with Gasteiger partial charge in [0, 0.05) is 34.4 Å². The van der Waals surface area contributed by atoms with E-state index >= 15 is 0 Å². The summed E-state index contributed by atoms with van der Waals surface area (Å²) in [5, 5.41) is 2.55. The molecule has 7 aromatic rings. The van der Waals surface area contributed by atoms with Gasteiger partial charge < -0.3 is 4.57 Å². The standard InChI is InChI=1S/C41H39N3/c1-28(2)24-33-26-32(30-12-6-5-7-13-30)27-34(25-29(3)4)40(33)43-23-22-42-41(43)31-18-20-35(21-19-31)44-38-16-10-8-14-36(38)37-15-9-11-17-39(37)44/h5-23,26-29H,24-25H2,1-4H3. The van der Waals surface area contributed by atoms with Crippen molar-refractivity contribution >= 4 is 21.8 Å². The maximum atomic E-state index is 4.93. The van der Waals surface area contributed by atoms with Gasteiger partial charge in [-0.3, -0.25) is 4.57 Å². The average Bonchev–Trinajstić information content (AvgIpc) is 3.64. The van der Waals surface area contributed by atoms with Crippen molar-refractivity contribution in [3.8, 4) is 33.9 Å². The molecule has 0 amide bonds. The number of fused-ring (bicyclic) bond motifs is 3. The molecule has 3 heteroatoms. The minimum atomic E-state index is 0.532. The second-order valence-corrected chi connectivity index (χ2v) is 12.7. The summed E-state index contributed by atoms with van der Waals surface area (Å²) in [6.07, 6.45) is 6.10. The Balaban J connectivity index is 1.35. The SMILES string of the molecule is CC(C)Cc1cc(-c2ccccc2)cc(CC(C)C)c1-n1ccnc1-c1ccc(-n2c3ccccc3c3ccccc32)cc1. The highest BCUT2D eigenvalue weighted by Crippen LogP contribution is 2.35. The first-order valence-corrected chi connectivity index (χ1v) is 15.8. The third-order valence-corrected chi connectivity index (χ3v) is 8.48. The van der Waals surface area contributed by atoms with Gasteiger partial charge in [-0.1, -0.05) is 94.4 Å². The van der Waals surface area contributed by atoms with E-state index in [4.69, 9.17) is 4.98 Å². The Morgan fingerprint density at radius 3 is 1.68 bits per heavy atom. The predicted octanol–water partition coefficient (Wildman–Crippen LogP) is 10.7. The Bertz CT molecular complexity index is 1970. The van der Waals surface area contributed by atoms with Crippen LogP contribution in [0, 0.1) is 11.8 Å². The van der Waals surface area contributed by atoms with E-state index in [0.717, 1.165) is 29.9 Å². The number of rotatable bonds is 8. The van der Waals surface area contributed by atoms with E-state index in [1.165, 1.54) is 49.7 Å². The lowest BCUT2D eigenvalue weighted by atomic mass is 9.90. The van der Waals surface area contributed by atoms with E-state index in [9.17, 15) is 0 Å². The van der Waals surface area contributed by atoms with Crippen LogP contribution >= 0.6 is 0 Å². The van der Waals surface area contributed by atoms with Crippen LogP contribution in [0.15, 0.2) is 128 Å². The van der Waals surface area contributed by atoms with Crippen LogP contribution in [-0.2, 0) is 12.8 Å². The van der Waals surface area contributed by atoms with Crippen molar-refractivity contribution in [1.82, 2.24) is 14.1 Å². The lowest BCUT2D eigenvalue weighted by molar-refractivity contribution is 0.631. The fourth-order valence-corrected chi connectivity index (χ4v) is 6.72. The van der Waals surface area contributed by atoms with Gasteiger partial charge in [-0.25, -0.2) is 4.98 Å². The number of benzene rings is 5. The highest BCUT2D eigenvalue weighted by atomic mass is 15.1. The summed E-state index contributed by atoms with van der Waals surface area (Å²) in [7, 11) is 0. The summed E-state index contributed by atoms with van der Waals surface area (Å²) in [6.45, 7) is 9.24. The van der Waals surface area contributed by atoms with Crippen molar-refractivity contribution in [3.05, 3.63) is 139 Å². The Morgan fingerprint density at radius 2 is 1.11 bits per heavy atom. The van der Waals surface area contributed by atoms with Gasteiger partial charge in [0.05, 0.1) is 16.7 Å².